The van der Waals surface area contributed by atoms with Gasteiger partial charge in [0.05, 0.1) is 0 Å². The van der Waals surface area contributed by atoms with Crippen LogP contribution in [0.2, 0.25) is 0 Å². The molecule has 3 rings (SSSR count). The van der Waals surface area contributed by atoms with Crippen molar-refractivity contribution in [2.75, 3.05) is 0 Å². The van der Waals surface area contributed by atoms with Crippen molar-refractivity contribution in [2.24, 2.45) is 5.92 Å². The van der Waals surface area contributed by atoms with E-state index in [0.29, 0.717) is 37.6 Å². The lowest BCUT2D eigenvalue weighted by Crippen LogP contribution is -2.36. The van der Waals surface area contributed by atoms with Gasteiger partial charge in [-0.15, -0.1) is 0 Å². The molecule has 8 nitrogen and oxygen atoms in total. The van der Waals surface area contributed by atoms with E-state index in [1.165, 1.54) is 0 Å². The Morgan fingerprint density at radius 2 is 2.24 bits per heavy atom. The van der Waals surface area contributed by atoms with Gasteiger partial charge < -0.3 is 9.84 Å². The Bertz CT molecular complexity index is 802. The Labute approximate surface area is 146 Å². The molecule has 136 valence electrons. The summed E-state index contributed by atoms with van der Waals surface area (Å²) in [7, 11) is 0. The first-order chi connectivity index (χ1) is 11.9. The molecule has 0 radical (unpaired) electrons. The minimum Gasteiger partial charge on any atom is -0.361 e. The van der Waals surface area contributed by atoms with Crippen LogP contribution in [0.15, 0.2) is 15.4 Å². The molecule has 0 spiro atoms. The maximum absolute atomic E-state index is 12.5. The second kappa shape index (κ2) is 7.25. The quantitative estimate of drug-likeness (QED) is 0.885. The van der Waals surface area contributed by atoms with Crippen LogP contribution in [0.5, 0.6) is 0 Å². The number of carbonyl (C=O) groups excluding carboxylic acids is 1. The number of fused-ring (bicyclic) bond motifs is 1. The Balaban J connectivity index is 1.63. The molecule has 0 aliphatic carbocycles. The third-order valence-corrected chi connectivity index (χ3v) is 4.53. The molecule has 1 unspecified atom stereocenters. The van der Waals surface area contributed by atoms with E-state index in [1.807, 2.05) is 0 Å². The van der Waals surface area contributed by atoms with Gasteiger partial charge in [-0.05, 0) is 32.1 Å². The standard InChI is InChI=1S/C17H25N5O3/c1-11(2)6-9-22-17(24)21-8-7-13(4-5-15(21)19-22)18-16(23)14-10-12(3)25-20-14/h10-11,13H,4-9H2,1-3H3,(H,18,23). The van der Waals surface area contributed by atoms with Gasteiger partial charge in [-0.1, -0.05) is 19.0 Å². The fourth-order valence-electron chi connectivity index (χ4n) is 3.03. The van der Waals surface area contributed by atoms with Crippen molar-refractivity contribution in [3.8, 4) is 0 Å². The monoisotopic (exact) mass is 347 g/mol. The Hall–Kier alpha value is -2.38. The summed E-state index contributed by atoms with van der Waals surface area (Å²) < 4.78 is 8.26. The summed E-state index contributed by atoms with van der Waals surface area (Å²) in [6.07, 6.45) is 3.06. The van der Waals surface area contributed by atoms with Gasteiger partial charge >= 0.3 is 5.69 Å². The topological polar surface area (TPSA) is 95.0 Å². The van der Waals surface area contributed by atoms with Crippen LogP contribution in [0.25, 0.3) is 0 Å². The van der Waals surface area contributed by atoms with Gasteiger partial charge in [-0.3, -0.25) is 9.36 Å². The molecule has 8 heteroatoms. The summed E-state index contributed by atoms with van der Waals surface area (Å²) in [5.41, 5.74) is 0.241. The highest BCUT2D eigenvalue weighted by Gasteiger charge is 2.23. The van der Waals surface area contributed by atoms with E-state index >= 15 is 0 Å². The first-order valence-corrected chi connectivity index (χ1v) is 8.84. The van der Waals surface area contributed by atoms with Crippen LogP contribution < -0.4 is 11.0 Å². The van der Waals surface area contributed by atoms with Gasteiger partial charge in [0.2, 0.25) is 0 Å². The Morgan fingerprint density at radius 3 is 2.92 bits per heavy atom. The zero-order valence-electron chi connectivity index (χ0n) is 15.0. The van der Waals surface area contributed by atoms with Gasteiger partial charge in [0.1, 0.15) is 11.6 Å². The molecule has 1 amide bonds. The summed E-state index contributed by atoms with van der Waals surface area (Å²) in [5.74, 6) is 1.71. The normalized spacial score (nSPS) is 17.4. The number of nitrogens with zero attached hydrogens (tertiary/aromatic N) is 4. The molecule has 1 N–H and O–H groups in total. The number of aryl methyl sites for hydroxylation is 3. The number of hydrogen-bond acceptors (Lipinski definition) is 5. The van der Waals surface area contributed by atoms with Crippen molar-refractivity contribution in [3.63, 3.8) is 0 Å². The van der Waals surface area contributed by atoms with E-state index in [9.17, 15) is 9.59 Å². The molecular formula is C17H25N5O3. The average molecular weight is 347 g/mol. The highest BCUT2D eigenvalue weighted by atomic mass is 16.5. The van der Waals surface area contributed by atoms with Crippen LogP contribution in [-0.2, 0) is 19.5 Å². The lowest BCUT2D eigenvalue weighted by molar-refractivity contribution is 0.0923. The van der Waals surface area contributed by atoms with Crippen molar-refractivity contribution in [1.29, 1.82) is 0 Å². The van der Waals surface area contributed by atoms with Crippen LogP contribution in [0.4, 0.5) is 0 Å². The molecule has 0 saturated carbocycles. The molecular weight excluding hydrogens is 322 g/mol. The molecule has 0 aromatic carbocycles. The number of aromatic nitrogens is 4. The maximum atomic E-state index is 12.5. The maximum Gasteiger partial charge on any atom is 0.345 e. The molecule has 0 bridgehead atoms. The smallest absolute Gasteiger partial charge is 0.345 e. The minimum atomic E-state index is -0.240. The third-order valence-electron chi connectivity index (χ3n) is 4.53. The van der Waals surface area contributed by atoms with Crippen LogP contribution >= 0.6 is 0 Å². The predicted octanol–water partition coefficient (Wildman–Crippen LogP) is 1.52. The van der Waals surface area contributed by atoms with Gasteiger partial charge in [-0.25, -0.2) is 9.48 Å². The summed E-state index contributed by atoms with van der Waals surface area (Å²) in [5, 5.41) is 11.2. The van der Waals surface area contributed by atoms with E-state index in [-0.39, 0.29) is 23.3 Å². The molecule has 1 aliphatic rings. The van der Waals surface area contributed by atoms with Crippen LogP contribution in [-0.4, -0.2) is 31.5 Å². The van der Waals surface area contributed by atoms with Gasteiger partial charge in [-0.2, -0.15) is 5.10 Å². The number of amides is 1. The summed E-state index contributed by atoms with van der Waals surface area (Å²) in [6, 6.07) is 1.61. The molecule has 1 atom stereocenters. The van der Waals surface area contributed by atoms with Gasteiger partial charge in [0.15, 0.2) is 5.69 Å². The number of hydrogen-bond donors (Lipinski definition) is 1. The zero-order valence-corrected chi connectivity index (χ0v) is 15.0. The highest BCUT2D eigenvalue weighted by Crippen LogP contribution is 2.13. The first-order valence-electron chi connectivity index (χ1n) is 8.84. The molecule has 0 fully saturated rings. The molecule has 2 aromatic heterocycles. The van der Waals surface area contributed by atoms with Gasteiger partial charge in [0.25, 0.3) is 5.91 Å². The lowest BCUT2D eigenvalue weighted by Gasteiger charge is -2.14. The fourth-order valence-corrected chi connectivity index (χ4v) is 3.03. The highest BCUT2D eigenvalue weighted by molar-refractivity contribution is 5.92. The van der Waals surface area contributed by atoms with Crippen molar-refractivity contribution in [1.82, 2.24) is 24.8 Å². The molecule has 2 aromatic rings. The Morgan fingerprint density at radius 1 is 1.44 bits per heavy atom. The second-order valence-electron chi connectivity index (χ2n) is 7.08. The van der Waals surface area contributed by atoms with Crippen molar-refractivity contribution >= 4 is 5.91 Å². The second-order valence-corrected chi connectivity index (χ2v) is 7.08. The molecule has 0 saturated heterocycles. The minimum absolute atomic E-state index is 0.00489. The summed E-state index contributed by atoms with van der Waals surface area (Å²) in [6.45, 7) is 7.24. The summed E-state index contributed by atoms with van der Waals surface area (Å²) in [4.78, 5) is 24.7. The largest absolute Gasteiger partial charge is 0.361 e. The van der Waals surface area contributed by atoms with Crippen LogP contribution in [0.1, 0.15) is 55.2 Å². The van der Waals surface area contributed by atoms with Gasteiger partial charge in [0, 0.05) is 31.6 Å². The van der Waals surface area contributed by atoms with Crippen molar-refractivity contribution < 1.29 is 9.32 Å². The Kier molecular flexibility index (Phi) is 5.06. The molecule has 1 aliphatic heterocycles. The van der Waals surface area contributed by atoms with Crippen LogP contribution in [0.3, 0.4) is 0 Å². The molecule has 3 heterocycles. The van der Waals surface area contributed by atoms with Crippen LogP contribution in [0, 0.1) is 12.8 Å². The summed E-state index contributed by atoms with van der Waals surface area (Å²) >= 11 is 0. The van der Waals surface area contributed by atoms with E-state index in [1.54, 1.807) is 22.2 Å². The number of nitrogens with one attached hydrogen (secondary N) is 1. The fraction of sp³-hybridized carbons (Fsp3) is 0.647. The van der Waals surface area contributed by atoms with Crippen molar-refractivity contribution in [3.05, 3.63) is 33.8 Å². The number of carbonyl (C=O) groups is 1. The van der Waals surface area contributed by atoms with E-state index < -0.39 is 0 Å². The first kappa shape index (κ1) is 17.4. The predicted molar refractivity (Wildman–Crippen MR) is 91.4 cm³/mol. The van der Waals surface area contributed by atoms with Crippen molar-refractivity contribution in [2.45, 2.75) is 65.6 Å². The third kappa shape index (κ3) is 4.00. The SMILES string of the molecule is Cc1cc(C(=O)NC2CCc3nn(CCC(C)C)c(=O)n3CC2)no1. The lowest BCUT2D eigenvalue weighted by atomic mass is 10.1. The van der Waals surface area contributed by atoms with E-state index in [4.69, 9.17) is 4.52 Å². The molecule has 25 heavy (non-hydrogen) atoms. The number of rotatable bonds is 5. The zero-order chi connectivity index (χ0) is 18.0. The average Bonchev–Trinajstić information content (AvgIpc) is 3.05. The van der Waals surface area contributed by atoms with E-state index in [2.05, 4.69) is 29.4 Å². The van der Waals surface area contributed by atoms with E-state index in [0.717, 1.165) is 18.7 Å².